The summed E-state index contributed by atoms with van der Waals surface area (Å²) in [5.74, 6) is 1.35. The average molecular weight is 356 g/mol. The Hall–Kier alpha value is -2.79. The molecule has 0 aliphatic carbocycles. The maximum atomic E-state index is 6.02. The molecule has 3 aromatic rings. The van der Waals surface area contributed by atoms with Gasteiger partial charge in [0.05, 0.1) is 31.1 Å². The number of hydrazone groups is 1. The third-order valence-corrected chi connectivity index (χ3v) is 4.09. The first-order valence-corrected chi connectivity index (χ1v) is 8.07. The zero-order valence-corrected chi connectivity index (χ0v) is 15.0. The first-order chi connectivity index (χ1) is 12.1. The number of fused-ring (bicyclic) bond motifs is 1. The van der Waals surface area contributed by atoms with Gasteiger partial charge < -0.3 is 9.47 Å². The monoisotopic (exact) mass is 355 g/mol. The first kappa shape index (κ1) is 17.0. The average Bonchev–Trinajstić information content (AvgIpc) is 2.65. The smallest absolute Gasteiger partial charge is 0.161 e. The van der Waals surface area contributed by atoms with Crippen LogP contribution >= 0.6 is 11.6 Å². The lowest BCUT2D eigenvalue weighted by Crippen LogP contribution is -2.01. The van der Waals surface area contributed by atoms with Crippen molar-refractivity contribution in [2.24, 2.45) is 5.10 Å². The summed E-state index contributed by atoms with van der Waals surface area (Å²) < 4.78 is 10.6. The summed E-state index contributed by atoms with van der Waals surface area (Å²) in [4.78, 5) is 4.33. The van der Waals surface area contributed by atoms with Crippen molar-refractivity contribution in [2.75, 3.05) is 19.6 Å². The molecule has 0 fully saturated rings. The van der Waals surface area contributed by atoms with Crippen molar-refractivity contribution in [2.45, 2.75) is 6.92 Å². The molecule has 1 aromatic heterocycles. The van der Waals surface area contributed by atoms with Crippen LogP contribution in [0.25, 0.3) is 10.9 Å². The highest BCUT2D eigenvalue weighted by atomic mass is 35.5. The van der Waals surface area contributed by atoms with Crippen molar-refractivity contribution < 1.29 is 9.47 Å². The van der Waals surface area contributed by atoms with Crippen molar-refractivity contribution >= 4 is 33.9 Å². The van der Waals surface area contributed by atoms with Gasteiger partial charge in [-0.1, -0.05) is 11.6 Å². The van der Waals surface area contributed by atoms with Crippen molar-refractivity contribution in [3.05, 3.63) is 59.2 Å². The van der Waals surface area contributed by atoms with Gasteiger partial charge in [-0.3, -0.25) is 10.4 Å². The van der Waals surface area contributed by atoms with Crippen LogP contribution in [0.1, 0.15) is 12.5 Å². The van der Waals surface area contributed by atoms with Gasteiger partial charge in [-0.2, -0.15) is 5.10 Å². The molecule has 3 rings (SSSR count). The maximum Gasteiger partial charge on any atom is 0.161 e. The predicted octanol–water partition coefficient (Wildman–Crippen LogP) is 4.74. The van der Waals surface area contributed by atoms with Crippen LogP contribution in [-0.2, 0) is 0 Å². The van der Waals surface area contributed by atoms with Crippen LogP contribution in [0.2, 0.25) is 5.02 Å². The topological polar surface area (TPSA) is 55.7 Å². The van der Waals surface area contributed by atoms with Crippen LogP contribution in [0.3, 0.4) is 0 Å². The molecule has 0 aliphatic heterocycles. The molecule has 1 heterocycles. The second-order valence-electron chi connectivity index (χ2n) is 5.40. The number of ether oxygens (including phenoxy) is 2. The number of nitrogens with zero attached hydrogens (tertiary/aromatic N) is 2. The Labute approximate surface area is 151 Å². The van der Waals surface area contributed by atoms with Gasteiger partial charge in [0.2, 0.25) is 0 Å². The molecule has 0 amide bonds. The van der Waals surface area contributed by atoms with Crippen LogP contribution in [0.4, 0.5) is 5.69 Å². The summed E-state index contributed by atoms with van der Waals surface area (Å²) in [6.07, 6.45) is 1.72. The number of hydrogen-bond donors (Lipinski definition) is 1. The van der Waals surface area contributed by atoms with E-state index < -0.39 is 0 Å². The predicted molar refractivity (Wildman–Crippen MR) is 102 cm³/mol. The Balaban J connectivity index is 1.89. The fourth-order valence-corrected chi connectivity index (χ4v) is 2.65. The lowest BCUT2D eigenvalue weighted by molar-refractivity contribution is 0.355. The summed E-state index contributed by atoms with van der Waals surface area (Å²) in [5, 5.41) is 6.09. The van der Waals surface area contributed by atoms with E-state index in [4.69, 9.17) is 21.1 Å². The molecule has 128 valence electrons. The maximum absolute atomic E-state index is 6.02. The van der Waals surface area contributed by atoms with E-state index in [1.807, 2.05) is 49.4 Å². The molecule has 2 aromatic carbocycles. The highest BCUT2D eigenvalue weighted by Gasteiger charge is 2.07. The fourth-order valence-electron chi connectivity index (χ4n) is 2.49. The fraction of sp³-hybridized carbons (Fsp3) is 0.158. The highest BCUT2D eigenvalue weighted by Crippen LogP contribution is 2.28. The summed E-state index contributed by atoms with van der Waals surface area (Å²) >= 11 is 6.02. The zero-order valence-electron chi connectivity index (χ0n) is 14.2. The number of hydrogen-bond acceptors (Lipinski definition) is 5. The normalized spacial score (nSPS) is 11.4. The molecule has 0 atom stereocenters. The summed E-state index contributed by atoms with van der Waals surface area (Å²) in [5.41, 5.74) is 6.54. The largest absolute Gasteiger partial charge is 0.493 e. The van der Waals surface area contributed by atoms with E-state index in [-0.39, 0.29) is 0 Å². The molecule has 0 spiro atoms. The number of halogens is 1. The number of aromatic nitrogens is 1. The van der Waals surface area contributed by atoms with E-state index >= 15 is 0 Å². The van der Waals surface area contributed by atoms with Crippen molar-refractivity contribution in [1.82, 2.24) is 4.98 Å². The van der Waals surface area contributed by atoms with E-state index in [0.29, 0.717) is 16.5 Å². The summed E-state index contributed by atoms with van der Waals surface area (Å²) in [6.45, 7) is 1.93. The molecule has 25 heavy (non-hydrogen) atoms. The van der Waals surface area contributed by atoms with E-state index in [9.17, 15) is 0 Å². The van der Waals surface area contributed by atoms with Crippen LogP contribution in [0.15, 0.2) is 53.8 Å². The zero-order chi connectivity index (χ0) is 17.8. The second kappa shape index (κ2) is 7.40. The highest BCUT2D eigenvalue weighted by molar-refractivity contribution is 6.31. The van der Waals surface area contributed by atoms with Gasteiger partial charge in [0.15, 0.2) is 11.5 Å². The molecule has 0 aliphatic rings. The van der Waals surface area contributed by atoms with Gasteiger partial charge in [-0.15, -0.1) is 0 Å². The number of benzene rings is 2. The lowest BCUT2D eigenvalue weighted by atomic mass is 10.1. The SMILES string of the molecule is COc1ccc(C(C)=NNc2ccnc3cc(Cl)ccc23)cc1OC. The molecule has 0 saturated carbocycles. The molecule has 6 heteroatoms. The van der Waals surface area contributed by atoms with Crippen molar-refractivity contribution in [3.8, 4) is 11.5 Å². The van der Waals surface area contributed by atoms with Gasteiger partial charge in [0.25, 0.3) is 0 Å². The van der Waals surface area contributed by atoms with E-state index in [0.717, 1.165) is 27.9 Å². The van der Waals surface area contributed by atoms with E-state index in [2.05, 4.69) is 15.5 Å². The van der Waals surface area contributed by atoms with Crippen LogP contribution < -0.4 is 14.9 Å². The van der Waals surface area contributed by atoms with Gasteiger partial charge in [0, 0.05) is 22.2 Å². The van der Waals surface area contributed by atoms with Crippen LogP contribution in [0.5, 0.6) is 11.5 Å². The minimum absolute atomic E-state index is 0.655. The molecule has 0 bridgehead atoms. The number of rotatable bonds is 5. The Kier molecular flexibility index (Phi) is 5.05. The standard InChI is InChI=1S/C19H18ClN3O2/c1-12(13-4-7-18(24-2)19(10-13)25-3)22-23-16-8-9-21-17-11-14(20)5-6-15(16)17/h4-11H,1-3H3,(H,21,23). The number of nitrogens with one attached hydrogen (secondary N) is 1. The van der Waals surface area contributed by atoms with E-state index in [1.54, 1.807) is 20.4 Å². The Bertz CT molecular complexity index is 941. The van der Waals surface area contributed by atoms with Crippen molar-refractivity contribution in [1.29, 1.82) is 0 Å². The molecular formula is C19H18ClN3O2. The Morgan fingerprint density at radius 2 is 1.84 bits per heavy atom. The number of pyridine rings is 1. The summed E-state index contributed by atoms with van der Waals surface area (Å²) in [7, 11) is 3.22. The quantitative estimate of drug-likeness (QED) is 0.530. The third kappa shape index (κ3) is 3.67. The van der Waals surface area contributed by atoms with Gasteiger partial charge in [0.1, 0.15) is 0 Å². The summed E-state index contributed by atoms with van der Waals surface area (Å²) in [6, 6.07) is 13.2. The van der Waals surface area contributed by atoms with Gasteiger partial charge >= 0.3 is 0 Å². The molecule has 0 radical (unpaired) electrons. The van der Waals surface area contributed by atoms with Crippen molar-refractivity contribution in [3.63, 3.8) is 0 Å². The second-order valence-corrected chi connectivity index (χ2v) is 5.84. The van der Waals surface area contributed by atoms with Gasteiger partial charge in [-0.05, 0) is 49.4 Å². The van der Waals surface area contributed by atoms with Gasteiger partial charge in [-0.25, -0.2) is 0 Å². The Morgan fingerprint density at radius 3 is 2.60 bits per heavy atom. The number of anilines is 1. The molecule has 0 saturated heterocycles. The minimum atomic E-state index is 0.655. The number of methoxy groups -OCH3 is 2. The van der Waals surface area contributed by atoms with Crippen LogP contribution in [0, 0.1) is 0 Å². The first-order valence-electron chi connectivity index (χ1n) is 7.69. The molecule has 5 nitrogen and oxygen atoms in total. The third-order valence-electron chi connectivity index (χ3n) is 3.85. The molecule has 1 N–H and O–H groups in total. The lowest BCUT2D eigenvalue weighted by Gasteiger charge is -2.10. The molecule has 0 unspecified atom stereocenters. The van der Waals surface area contributed by atoms with E-state index in [1.165, 1.54) is 0 Å². The molecular weight excluding hydrogens is 338 g/mol. The minimum Gasteiger partial charge on any atom is -0.493 e. The van der Waals surface area contributed by atoms with Crippen LogP contribution in [-0.4, -0.2) is 24.9 Å². The Morgan fingerprint density at radius 1 is 1.04 bits per heavy atom.